The highest BCUT2D eigenvalue weighted by Crippen LogP contribution is 2.41. The van der Waals surface area contributed by atoms with Gasteiger partial charge in [0.15, 0.2) is 10.3 Å². The second-order valence-electron chi connectivity index (χ2n) is 9.14. The summed E-state index contributed by atoms with van der Waals surface area (Å²) >= 11 is 27.2. The molecule has 2 aromatic heterocycles. The van der Waals surface area contributed by atoms with E-state index in [-0.39, 0.29) is 15.7 Å². The summed E-state index contributed by atoms with van der Waals surface area (Å²) in [4.78, 5) is 26.9. The minimum atomic E-state index is -0.532. The van der Waals surface area contributed by atoms with Gasteiger partial charge in [0.1, 0.15) is 0 Å². The molecule has 4 aromatic carbocycles. The summed E-state index contributed by atoms with van der Waals surface area (Å²) in [5, 5.41) is 13.7. The Morgan fingerprint density at radius 3 is 1.52 bits per heavy atom. The van der Waals surface area contributed by atoms with Crippen LogP contribution in [0.25, 0.3) is 22.1 Å². The van der Waals surface area contributed by atoms with Gasteiger partial charge in [-0.15, -0.1) is 0 Å². The molecule has 8 nitrogen and oxygen atoms in total. The molecule has 0 amide bonds. The fourth-order valence-electron chi connectivity index (χ4n) is 3.92. The number of nitrogens with one attached hydrogen (secondary N) is 2. The first-order valence-electron chi connectivity index (χ1n) is 12.1. The lowest BCUT2D eigenvalue weighted by atomic mass is 10.2. The highest BCUT2D eigenvalue weighted by molar-refractivity contribution is 7.99. The summed E-state index contributed by atoms with van der Waals surface area (Å²) in [5.74, 6) is 0. The minimum absolute atomic E-state index is 0.139. The van der Waals surface area contributed by atoms with Crippen LogP contribution in [0.1, 0.15) is 11.1 Å². The molecule has 214 valence electrons. The number of non-ortho nitro benzene ring substituents is 1. The number of aryl methyl sites for hydroxylation is 2. The van der Waals surface area contributed by atoms with Crippen molar-refractivity contribution in [3.05, 3.63) is 102 Å². The number of hydrogen-bond donors (Lipinski definition) is 3. The van der Waals surface area contributed by atoms with E-state index in [1.54, 1.807) is 12.1 Å². The van der Waals surface area contributed by atoms with Crippen LogP contribution >= 0.6 is 69.9 Å². The average Bonchev–Trinajstić information content (AvgIpc) is 3.50. The Hall–Kier alpha value is -3.12. The largest absolute Gasteiger partial charge is 0.399 e. The van der Waals surface area contributed by atoms with Gasteiger partial charge in [-0.1, -0.05) is 58.5 Å². The third kappa shape index (κ3) is 6.91. The molecule has 0 aliphatic rings. The molecule has 2 heterocycles. The van der Waals surface area contributed by atoms with Gasteiger partial charge in [-0.25, -0.2) is 9.97 Å². The van der Waals surface area contributed by atoms with Crippen LogP contribution in [0, 0.1) is 24.0 Å². The van der Waals surface area contributed by atoms with Crippen LogP contribution in [-0.4, -0.2) is 24.9 Å². The molecule has 6 rings (SSSR count). The van der Waals surface area contributed by atoms with E-state index in [9.17, 15) is 10.1 Å². The van der Waals surface area contributed by atoms with Gasteiger partial charge in [0.2, 0.25) is 0 Å². The molecular formula is C28H20Cl4N6O2S2. The Kier molecular flexibility index (Phi) is 9.12. The molecule has 14 heteroatoms. The Labute approximate surface area is 268 Å². The van der Waals surface area contributed by atoms with Gasteiger partial charge in [-0.05, 0) is 84.9 Å². The molecule has 0 unspecified atom stereocenters. The number of aromatic amines is 2. The maximum absolute atomic E-state index is 10.8. The van der Waals surface area contributed by atoms with Crippen molar-refractivity contribution >= 4 is 103 Å². The van der Waals surface area contributed by atoms with E-state index >= 15 is 0 Å². The summed E-state index contributed by atoms with van der Waals surface area (Å²) in [5.41, 5.74) is 12.1. The maximum atomic E-state index is 10.8. The molecule has 0 saturated carbocycles. The molecule has 0 aliphatic heterocycles. The van der Waals surface area contributed by atoms with Crippen molar-refractivity contribution in [2.45, 2.75) is 34.0 Å². The van der Waals surface area contributed by atoms with E-state index in [0.717, 1.165) is 37.7 Å². The monoisotopic (exact) mass is 676 g/mol. The number of H-pyrrole nitrogens is 2. The Bertz CT molecular complexity index is 1930. The smallest absolute Gasteiger partial charge is 0.272 e. The van der Waals surface area contributed by atoms with Crippen molar-refractivity contribution in [1.82, 2.24) is 19.9 Å². The summed E-state index contributed by atoms with van der Waals surface area (Å²) < 4.78 is 0. The van der Waals surface area contributed by atoms with Crippen molar-refractivity contribution < 1.29 is 4.92 Å². The molecule has 0 saturated heterocycles. The highest BCUT2D eigenvalue weighted by atomic mass is 35.5. The minimum Gasteiger partial charge on any atom is -0.399 e. The van der Waals surface area contributed by atoms with Gasteiger partial charge in [-0.3, -0.25) is 10.1 Å². The lowest BCUT2D eigenvalue weighted by Gasteiger charge is -2.05. The second-order valence-corrected chi connectivity index (χ2v) is 12.8. The van der Waals surface area contributed by atoms with Gasteiger partial charge < -0.3 is 15.7 Å². The van der Waals surface area contributed by atoms with Crippen molar-refractivity contribution in [1.29, 1.82) is 0 Å². The second kappa shape index (κ2) is 12.6. The lowest BCUT2D eigenvalue weighted by Crippen LogP contribution is -1.89. The predicted molar refractivity (Wildman–Crippen MR) is 174 cm³/mol. The number of aromatic nitrogens is 4. The van der Waals surface area contributed by atoms with Gasteiger partial charge in [0.25, 0.3) is 5.69 Å². The molecule has 0 atom stereocenters. The van der Waals surface area contributed by atoms with Crippen molar-refractivity contribution in [3.63, 3.8) is 0 Å². The van der Waals surface area contributed by atoms with E-state index in [1.165, 1.54) is 41.2 Å². The first-order chi connectivity index (χ1) is 20.0. The van der Waals surface area contributed by atoms with Crippen LogP contribution in [0.3, 0.4) is 0 Å². The molecule has 0 radical (unpaired) electrons. The average molecular weight is 678 g/mol. The van der Waals surface area contributed by atoms with E-state index < -0.39 is 4.92 Å². The number of nitro benzene ring substituents is 1. The van der Waals surface area contributed by atoms with Gasteiger partial charge >= 0.3 is 0 Å². The maximum Gasteiger partial charge on any atom is 0.272 e. The molecule has 0 fully saturated rings. The molecule has 0 aliphatic carbocycles. The normalized spacial score (nSPS) is 11.1. The van der Waals surface area contributed by atoms with Gasteiger partial charge in [0.05, 0.1) is 56.9 Å². The van der Waals surface area contributed by atoms with Crippen LogP contribution in [-0.2, 0) is 0 Å². The Morgan fingerprint density at radius 2 is 1.12 bits per heavy atom. The van der Waals surface area contributed by atoms with Crippen LogP contribution in [0.4, 0.5) is 11.4 Å². The predicted octanol–water partition coefficient (Wildman–Crippen LogP) is 10.1. The summed E-state index contributed by atoms with van der Waals surface area (Å²) in [6.07, 6.45) is 0. The molecule has 0 bridgehead atoms. The third-order valence-corrected chi connectivity index (χ3v) is 9.55. The molecule has 6 aromatic rings. The number of imidazole rings is 2. The zero-order valence-electron chi connectivity index (χ0n) is 21.8. The molecular weight excluding hydrogens is 658 g/mol. The molecule has 4 N–H and O–H groups in total. The SMILES string of the molecule is Cc1ccc2nc(Sc3c(Cl)cc(N)cc3Cl)[nH]c2c1.Cc1ccc2nc(Sc3c(Cl)cc([N+](=O)[O-])cc3Cl)[nH]c2c1. The summed E-state index contributed by atoms with van der Waals surface area (Å²) in [7, 11) is 0. The number of nitrogen functional groups attached to an aromatic ring is 1. The van der Waals surface area contributed by atoms with E-state index in [0.29, 0.717) is 25.8 Å². The van der Waals surface area contributed by atoms with E-state index in [1.807, 2.05) is 44.2 Å². The highest BCUT2D eigenvalue weighted by Gasteiger charge is 2.17. The summed E-state index contributed by atoms with van der Waals surface area (Å²) in [6, 6.07) is 17.9. The number of fused-ring (bicyclic) bond motifs is 2. The zero-order chi connectivity index (χ0) is 30.1. The zero-order valence-corrected chi connectivity index (χ0v) is 26.5. The van der Waals surface area contributed by atoms with Crippen LogP contribution < -0.4 is 5.73 Å². The number of nitro groups is 1. The van der Waals surface area contributed by atoms with Crippen molar-refractivity contribution in [2.75, 3.05) is 5.73 Å². The van der Waals surface area contributed by atoms with Gasteiger partial charge in [0, 0.05) is 17.8 Å². The van der Waals surface area contributed by atoms with Gasteiger partial charge in [-0.2, -0.15) is 0 Å². The first kappa shape index (κ1) is 30.3. The van der Waals surface area contributed by atoms with E-state index in [4.69, 9.17) is 52.1 Å². The molecule has 0 spiro atoms. The number of nitrogens with two attached hydrogens (primary N) is 1. The third-order valence-electron chi connectivity index (χ3n) is 5.84. The number of nitrogens with zero attached hydrogens (tertiary/aromatic N) is 3. The number of hydrogen-bond acceptors (Lipinski definition) is 7. The molecule has 42 heavy (non-hydrogen) atoms. The Morgan fingerprint density at radius 1 is 0.714 bits per heavy atom. The van der Waals surface area contributed by atoms with Crippen LogP contribution in [0.15, 0.2) is 80.8 Å². The topological polar surface area (TPSA) is 127 Å². The van der Waals surface area contributed by atoms with Crippen LogP contribution in [0.5, 0.6) is 0 Å². The number of halogens is 4. The van der Waals surface area contributed by atoms with E-state index in [2.05, 4.69) is 26.0 Å². The lowest BCUT2D eigenvalue weighted by molar-refractivity contribution is -0.384. The number of benzene rings is 4. The van der Waals surface area contributed by atoms with Crippen molar-refractivity contribution in [2.24, 2.45) is 0 Å². The standard InChI is InChI=1S/C14H9Cl2N3O2S.C14H11Cl2N3S/c1-7-2-3-11-12(4-7)18-14(17-11)22-13-9(15)5-8(19(20)21)6-10(13)16;1-7-2-3-11-12(4-7)19-14(18-11)20-13-9(15)5-8(17)6-10(13)16/h2-6H,1H3,(H,17,18);2-6H,17H2,1H3,(H,18,19). The van der Waals surface area contributed by atoms with Crippen LogP contribution in [0.2, 0.25) is 20.1 Å². The quantitative estimate of drug-likeness (QED) is 0.0941. The number of anilines is 1. The fourth-order valence-corrected chi connectivity index (χ4v) is 6.98. The van der Waals surface area contributed by atoms with Crippen molar-refractivity contribution in [3.8, 4) is 0 Å². The Balaban J connectivity index is 0.000000169. The first-order valence-corrected chi connectivity index (χ1v) is 15.3. The fraction of sp³-hybridized carbons (Fsp3) is 0.0714. The summed E-state index contributed by atoms with van der Waals surface area (Å²) in [6.45, 7) is 4.04. The number of rotatable bonds is 5.